The zero-order chi connectivity index (χ0) is 26.3. The molecule has 2 aromatic heterocycles. The molecule has 2 aliphatic rings. The van der Waals surface area contributed by atoms with Crippen molar-refractivity contribution in [2.24, 2.45) is 0 Å². The van der Waals surface area contributed by atoms with Crippen LogP contribution in [0.4, 0.5) is 32.3 Å². The van der Waals surface area contributed by atoms with Gasteiger partial charge in [-0.3, -0.25) is 14.5 Å². The standard InChI is InChI=1S/C21H23F6N7O2/c1-12-15(30-31-18(36)17(12)21(25,26)27)11-34-3-2-14(34)8-16(35)32-4-6-33(7-5-32)19-28-9-13(10-29-19)20(22,23)24/h9-10,14H,2-8,11H2,1H3,(H,31,36). The van der Waals surface area contributed by atoms with Crippen LogP contribution in [0, 0.1) is 6.92 Å². The van der Waals surface area contributed by atoms with Crippen LogP contribution in [-0.2, 0) is 23.7 Å². The van der Waals surface area contributed by atoms with Crippen LogP contribution in [0.1, 0.15) is 35.2 Å². The van der Waals surface area contributed by atoms with Gasteiger partial charge < -0.3 is 9.80 Å². The number of hydrogen-bond donors (Lipinski definition) is 1. The number of nitrogens with zero attached hydrogens (tertiary/aromatic N) is 6. The van der Waals surface area contributed by atoms with Crippen molar-refractivity contribution in [1.82, 2.24) is 30.0 Å². The lowest BCUT2D eigenvalue weighted by Gasteiger charge is -2.42. The molecular weight excluding hydrogens is 496 g/mol. The normalized spacial score (nSPS) is 19.4. The molecule has 2 saturated heterocycles. The SMILES string of the molecule is Cc1c(CN2CCC2CC(=O)N2CCN(c3ncc(C(F)(F)F)cn3)CC2)n[nH]c(=O)c1C(F)(F)F. The molecule has 0 spiro atoms. The third-order valence-corrected chi connectivity index (χ3v) is 6.52. The number of piperazine rings is 1. The first kappa shape index (κ1) is 25.9. The van der Waals surface area contributed by atoms with Crippen LogP contribution in [-0.4, -0.2) is 74.6 Å². The van der Waals surface area contributed by atoms with Gasteiger partial charge >= 0.3 is 12.4 Å². The second kappa shape index (κ2) is 9.67. The molecule has 0 saturated carbocycles. The van der Waals surface area contributed by atoms with E-state index in [-0.39, 0.29) is 42.1 Å². The predicted octanol–water partition coefficient (Wildman–Crippen LogP) is 2.22. The molecule has 0 aromatic carbocycles. The molecule has 196 valence electrons. The average Bonchev–Trinajstić information content (AvgIpc) is 2.80. The van der Waals surface area contributed by atoms with Crippen molar-refractivity contribution in [2.75, 3.05) is 37.6 Å². The van der Waals surface area contributed by atoms with Crippen molar-refractivity contribution < 1.29 is 31.1 Å². The maximum atomic E-state index is 13.2. The van der Waals surface area contributed by atoms with Gasteiger partial charge in [0.25, 0.3) is 5.56 Å². The third kappa shape index (κ3) is 5.44. The summed E-state index contributed by atoms with van der Waals surface area (Å²) in [6.07, 6.45) is -7.01. The summed E-state index contributed by atoms with van der Waals surface area (Å²) in [6.45, 7) is 3.25. The first-order valence-electron chi connectivity index (χ1n) is 11.2. The summed E-state index contributed by atoms with van der Waals surface area (Å²) in [5.74, 6) is 0.0297. The Kier molecular flexibility index (Phi) is 6.94. The zero-order valence-corrected chi connectivity index (χ0v) is 19.2. The Morgan fingerprint density at radius 2 is 1.67 bits per heavy atom. The Balaban J connectivity index is 1.31. The third-order valence-electron chi connectivity index (χ3n) is 6.52. The zero-order valence-electron chi connectivity index (χ0n) is 19.2. The van der Waals surface area contributed by atoms with Crippen molar-refractivity contribution in [2.45, 2.75) is 44.7 Å². The molecule has 9 nitrogen and oxygen atoms in total. The van der Waals surface area contributed by atoms with Gasteiger partial charge in [0.2, 0.25) is 11.9 Å². The van der Waals surface area contributed by atoms with Gasteiger partial charge in [-0.05, 0) is 18.9 Å². The monoisotopic (exact) mass is 519 g/mol. The molecule has 4 heterocycles. The Morgan fingerprint density at radius 3 is 2.19 bits per heavy atom. The summed E-state index contributed by atoms with van der Waals surface area (Å²) < 4.78 is 77.7. The molecule has 4 rings (SSSR count). The van der Waals surface area contributed by atoms with E-state index in [0.717, 1.165) is 12.4 Å². The number of halogens is 6. The van der Waals surface area contributed by atoms with Gasteiger partial charge in [0.05, 0.1) is 11.3 Å². The number of H-pyrrole nitrogens is 1. The Bertz CT molecular complexity index is 1160. The number of nitrogens with one attached hydrogen (secondary N) is 1. The summed E-state index contributed by atoms with van der Waals surface area (Å²) >= 11 is 0. The maximum absolute atomic E-state index is 13.2. The first-order chi connectivity index (χ1) is 16.8. The van der Waals surface area contributed by atoms with E-state index >= 15 is 0 Å². The molecule has 1 amide bonds. The van der Waals surface area contributed by atoms with Crippen molar-refractivity contribution >= 4 is 11.9 Å². The molecule has 0 aliphatic carbocycles. The number of aromatic nitrogens is 4. The number of likely N-dealkylation sites (tertiary alicyclic amines) is 1. The van der Waals surface area contributed by atoms with Crippen molar-refractivity contribution in [3.05, 3.63) is 45.1 Å². The molecule has 1 unspecified atom stereocenters. The van der Waals surface area contributed by atoms with Gasteiger partial charge in [0.15, 0.2) is 0 Å². The molecule has 2 fully saturated rings. The summed E-state index contributed by atoms with van der Waals surface area (Å²) in [4.78, 5) is 37.2. The number of alkyl halides is 6. The lowest BCUT2D eigenvalue weighted by atomic mass is 9.97. The van der Waals surface area contributed by atoms with E-state index in [2.05, 4.69) is 15.1 Å². The van der Waals surface area contributed by atoms with Gasteiger partial charge in [0.1, 0.15) is 5.56 Å². The van der Waals surface area contributed by atoms with Crippen LogP contribution in [0.3, 0.4) is 0 Å². The second-order valence-electron chi connectivity index (χ2n) is 8.75. The van der Waals surface area contributed by atoms with Gasteiger partial charge in [-0.15, -0.1) is 0 Å². The van der Waals surface area contributed by atoms with Crippen molar-refractivity contribution in [3.8, 4) is 0 Å². The minimum atomic E-state index is -4.80. The highest BCUT2D eigenvalue weighted by Crippen LogP contribution is 2.31. The van der Waals surface area contributed by atoms with E-state index < -0.39 is 29.0 Å². The summed E-state index contributed by atoms with van der Waals surface area (Å²) in [5.41, 5.74) is -3.63. The average molecular weight is 519 g/mol. The number of aromatic amines is 1. The van der Waals surface area contributed by atoms with Gasteiger partial charge in [-0.25, -0.2) is 15.1 Å². The van der Waals surface area contributed by atoms with Crippen molar-refractivity contribution in [1.29, 1.82) is 0 Å². The van der Waals surface area contributed by atoms with Gasteiger partial charge in [-0.2, -0.15) is 31.4 Å². The smallest absolute Gasteiger partial charge is 0.339 e. The predicted molar refractivity (Wildman–Crippen MR) is 114 cm³/mol. The fourth-order valence-electron chi connectivity index (χ4n) is 4.31. The molecule has 1 atom stereocenters. The van der Waals surface area contributed by atoms with E-state index in [1.807, 2.05) is 10.00 Å². The van der Waals surface area contributed by atoms with Crippen LogP contribution in [0.2, 0.25) is 0 Å². The van der Waals surface area contributed by atoms with Gasteiger partial charge in [0, 0.05) is 64.1 Å². The Morgan fingerprint density at radius 1 is 1.03 bits per heavy atom. The van der Waals surface area contributed by atoms with Crippen LogP contribution in [0.15, 0.2) is 17.2 Å². The largest absolute Gasteiger partial charge is 0.422 e. The topological polar surface area (TPSA) is 98.3 Å². The molecular formula is C21H23F6N7O2. The molecule has 36 heavy (non-hydrogen) atoms. The number of carbonyl (C=O) groups is 1. The summed E-state index contributed by atoms with van der Waals surface area (Å²) in [6, 6.07) is -0.170. The fraction of sp³-hybridized carbons (Fsp3) is 0.571. The highest BCUT2D eigenvalue weighted by molar-refractivity contribution is 5.77. The number of rotatable bonds is 5. The van der Waals surface area contributed by atoms with Gasteiger partial charge in [-0.1, -0.05) is 0 Å². The van der Waals surface area contributed by atoms with Crippen LogP contribution >= 0.6 is 0 Å². The lowest BCUT2D eigenvalue weighted by Crippen LogP contribution is -2.53. The molecule has 0 radical (unpaired) electrons. The van der Waals surface area contributed by atoms with E-state index in [1.165, 1.54) is 6.92 Å². The van der Waals surface area contributed by atoms with Crippen LogP contribution in [0.5, 0.6) is 0 Å². The second-order valence-corrected chi connectivity index (χ2v) is 8.75. The Hall–Kier alpha value is -3.23. The number of carbonyl (C=O) groups excluding carboxylic acids is 1. The maximum Gasteiger partial charge on any atom is 0.422 e. The van der Waals surface area contributed by atoms with Crippen molar-refractivity contribution in [3.63, 3.8) is 0 Å². The first-order valence-corrected chi connectivity index (χ1v) is 11.2. The quantitative estimate of drug-likeness (QED) is 0.605. The Labute approximate surface area is 201 Å². The summed E-state index contributed by atoms with van der Waals surface area (Å²) in [7, 11) is 0. The minimum absolute atomic E-state index is 0.0721. The molecule has 1 N–H and O–H groups in total. The van der Waals surface area contributed by atoms with E-state index in [9.17, 15) is 35.9 Å². The summed E-state index contributed by atoms with van der Waals surface area (Å²) in [5, 5.41) is 5.69. The minimum Gasteiger partial charge on any atom is -0.339 e. The number of anilines is 1. The van der Waals surface area contributed by atoms with Crippen LogP contribution in [0.25, 0.3) is 0 Å². The molecule has 0 bridgehead atoms. The van der Waals surface area contributed by atoms with Crippen LogP contribution < -0.4 is 10.5 Å². The highest BCUT2D eigenvalue weighted by Gasteiger charge is 2.38. The molecule has 2 aromatic rings. The van der Waals surface area contributed by atoms with E-state index in [4.69, 9.17) is 0 Å². The van der Waals surface area contributed by atoms with E-state index in [0.29, 0.717) is 39.1 Å². The molecule has 2 aliphatic heterocycles. The van der Waals surface area contributed by atoms with E-state index in [1.54, 1.807) is 9.80 Å². The fourth-order valence-corrected chi connectivity index (χ4v) is 4.31. The highest BCUT2D eigenvalue weighted by atomic mass is 19.4. The number of hydrogen-bond acceptors (Lipinski definition) is 7. The molecule has 15 heteroatoms. The number of amides is 1. The lowest BCUT2D eigenvalue weighted by molar-refractivity contribution is -0.139.